The molecule has 0 bridgehead atoms. The van der Waals surface area contributed by atoms with E-state index in [4.69, 9.17) is 0 Å². The molecule has 2 aromatic carbocycles. The standard InChI is InChI=1S/C18H16F3NO/c1-22(10-12-4-7-14(20)8-17(12)21)18(23)16-9-15(16)11-2-5-13(19)6-3-11/h2-8,15-16H,9-10H2,1H3. The van der Waals surface area contributed by atoms with Crippen LogP contribution in [0.4, 0.5) is 13.2 Å². The summed E-state index contributed by atoms with van der Waals surface area (Å²) >= 11 is 0. The van der Waals surface area contributed by atoms with E-state index in [1.165, 1.54) is 29.2 Å². The third kappa shape index (κ3) is 3.38. The highest BCUT2D eigenvalue weighted by Gasteiger charge is 2.45. The lowest BCUT2D eigenvalue weighted by Gasteiger charge is -2.18. The Morgan fingerprint density at radius 1 is 1.09 bits per heavy atom. The van der Waals surface area contributed by atoms with Crippen LogP contribution < -0.4 is 0 Å². The minimum absolute atomic E-state index is 0.0805. The van der Waals surface area contributed by atoms with Crippen molar-refractivity contribution in [3.8, 4) is 0 Å². The van der Waals surface area contributed by atoms with Crippen molar-refractivity contribution in [1.29, 1.82) is 0 Å². The number of hydrogen-bond donors (Lipinski definition) is 0. The van der Waals surface area contributed by atoms with Gasteiger partial charge in [0.1, 0.15) is 17.5 Å². The molecule has 1 fully saturated rings. The van der Waals surface area contributed by atoms with Crippen molar-refractivity contribution in [1.82, 2.24) is 4.90 Å². The highest BCUT2D eigenvalue weighted by atomic mass is 19.1. The molecule has 2 nitrogen and oxygen atoms in total. The number of nitrogens with zero attached hydrogens (tertiary/aromatic N) is 1. The first-order chi connectivity index (χ1) is 11.0. The van der Waals surface area contributed by atoms with Crippen molar-refractivity contribution in [2.75, 3.05) is 7.05 Å². The molecule has 23 heavy (non-hydrogen) atoms. The molecule has 2 atom stereocenters. The predicted octanol–water partition coefficient (Wildman–Crippen LogP) is 3.87. The van der Waals surface area contributed by atoms with Gasteiger partial charge in [0.2, 0.25) is 5.91 Å². The Balaban J connectivity index is 1.63. The first-order valence-corrected chi connectivity index (χ1v) is 7.40. The summed E-state index contributed by atoms with van der Waals surface area (Å²) in [6.07, 6.45) is 0.709. The van der Waals surface area contributed by atoms with Gasteiger partial charge >= 0.3 is 0 Å². The maximum absolute atomic E-state index is 13.7. The fourth-order valence-corrected chi connectivity index (χ4v) is 2.81. The van der Waals surface area contributed by atoms with Gasteiger partial charge in [-0.05, 0) is 36.1 Å². The molecular weight excluding hydrogens is 303 g/mol. The summed E-state index contributed by atoms with van der Waals surface area (Å²) in [4.78, 5) is 13.8. The van der Waals surface area contributed by atoms with Crippen LogP contribution in [0.2, 0.25) is 0 Å². The van der Waals surface area contributed by atoms with Gasteiger partial charge in [0.25, 0.3) is 0 Å². The summed E-state index contributed by atoms with van der Waals surface area (Å²) in [6, 6.07) is 9.47. The van der Waals surface area contributed by atoms with E-state index in [1.54, 1.807) is 19.2 Å². The molecule has 5 heteroatoms. The molecule has 0 aliphatic heterocycles. The normalized spacial score (nSPS) is 19.5. The Morgan fingerprint density at radius 2 is 1.74 bits per heavy atom. The lowest BCUT2D eigenvalue weighted by molar-refractivity contribution is -0.131. The lowest BCUT2D eigenvalue weighted by atomic mass is 10.1. The van der Waals surface area contributed by atoms with E-state index in [-0.39, 0.29) is 35.7 Å². The van der Waals surface area contributed by atoms with E-state index in [1.807, 2.05) is 0 Å². The average Bonchev–Trinajstić information content (AvgIpc) is 3.30. The van der Waals surface area contributed by atoms with Gasteiger partial charge in [-0.2, -0.15) is 0 Å². The van der Waals surface area contributed by atoms with E-state index in [0.29, 0.717) is 6.42 Å². The first-order valence-electron chi connectivity index (χ1n) is 7.40. The van der Waals surface area contributed by atoms with Gasteiger partial charge < -0.3 is 4.90 Å². The zero-order valence-electron chi connectivity index (χ0n) is 12.6. The minimum atomic E-state index is -0.657. The second-order valence-corrected chi connectivity index (χ2v) is 5.93. The summed E-state index contributed by atoms with van der Waals surface area (Å²) in [7, 11) is 1.60. The first kappa shape index (κ1) is 15.6. The molecule has 120 valence electrons. The largest absolute Gasteiger partial charge is 0.341 e. The zero-order chi connectivity index (χ0) is 16.6. The van der Waals surface area contributed by atoms with Crippen LogP contribution >= 0.6 is 0 Å². The van der Waals surface area contributed by atoms with Crippen molar-refractivity contribution in [3.63, 3.8) is 0 Å². The molecule has 0 radical (unpaired) electrons. The summed E-state index contributed by atoms with van der Waals surface area (Å²) < 4.78 is 39.5. The van der Waals surface area contributed by atoms with Crippen LogP contribution in [0.25, 0.3) is 0 Å². The third-order valence-corrected chi connectivity index (χ3v) is 4.20. The van der Waals surface area contributed by atoms with Crippen LogP contribution in [0.15, 0.2) is 42.5 Å². The van der Waals surface area contributed by atoms with Crippen molar-refractivity contribution >= 4 is 5.91 Å². The molecule has 0 saturated heterocycles. The molecule has 1 saturated carbocycles. The Labute approximate surface area is 132 Å². The smallest absolute Gasteiger partial charge is 0.226 e. The fourth-order valence-electron chi connectivity index (χ4n) is 2.81. The summed E-state index contributed by atoms with van der Waals surface area (Å²) in [6.45, 7) is 0.0948. The third-order valence-electron chi connectivity index (χ3n) is 4.20. The molecular formula is C18H16F3NO. The Bertz CT molecular complexity index is 730. The summed E-state index contributed by atoms with van der Waals surface area (Å²) in [5.41, 5.74) is 1.22. The van der Waals surface area contributed by atoms with Crippen molar-refractivity contribution in [2.24, 2.45) is 5.92 Å². The molecule has 3 rings (SSSR count). The lowest BCUT2D eigenvalue weighted by Crippen LogP contribution is -2.28. The van der Waals surface area contributed by atoms with Crippen molar-refractivity contribution < 1.29 is 18.0 Å². The van der Waals surface area contributed by atoms with Gasteiger partial charge in [0, 0.05) is 31.1 Å². The highest BCUT2D eigenvalue weighted by Crippen LogP contribution is 2.48. The molecule has 0 spiro atoms. The fraction of sp³-hybridized carbons (Fsp3) is 0.278. The SMILES string of the molecule is CN(Cc1ccc(F)cc1F)C(=O)C1CC1c1ccc(F)cc1. The second kappa shape index (κ2) is 6.07. The second-order valence-electron chi connectivity index (χ2n) is 5.93. The van der Waals surface area contributed by atoms with Gasteiger partial charge in [-0.1, -0.05) is 18.2 Å². The number of carbonyl (C=O) groups excluding carboxylic acids is 1. The Hall–Kier alpha value is -2.30. The van der Waals surface area contributed by atoms with Gasteiger partial charge in [0.05, 0.1) is 0 Å². The quantitative estimate of drug-likeness (QED) is 0.838. The molecule has 1 aliphatic rings. The topological polar surface area (TPSA) is 20.3 Å². The highest BCUT2D eigenvalue weighted by molar-refractivity contribution is 5.82. The van der Waals surface area contributed by atoms with Gasteiger partial charge in [0.15, 0.2) is 0 Å². The summed E-state index contributed by atoms with van der Waals surface area (Å²) in [5.74, 6) is -1.75. The van der Waals surface area contributed by atoms with Crippen molar-refractivity contribution in [2.45, 2.75) is 18.9 Å². The number of benzene rings is 2. The Kier molecular flexibility index (Phi) is 4.11. The molecule has 0 aromatic heterocycles. The van der Waals surface area contributed by atoms with Crippen LogP contribution in [-0.4, -0.2) is 17.9 Å². The Morgan fingerprint density at radius 3 is 2.39 bits per heavy atom. The van der Waals surface area contributed by atoms with E-state index < -0.39 is 11.6 Å². The molecule has 0 N–H and O–H groups in total. The van der Waals surface area contributed by atoms with Crippen LogP contribution in [0.1, 0.15) is 23.5 Å². The van der Waals surface area contributed by atoms with Gasteiger partial charge in [-0.15, -0.1) is 0 Å². The number of amides is 1. The van der Waals surface area contributed by atoms with Crippen LogP contribution in [0.5, 0.6) is 0 Å². The minimum Gasteiger partial charge on any atom is -0.341 e. The summed E-state index contributed by atoms with van der Waals surface area (Å²) in [5, 5.41) is 0. The van der Waals surface area contributed by atoms with Crippen LogP contribution in [0, 0.1) is 23.4 Å². The van der Waals surface area contributed by atoms with E-state index in [2.05, 4.69) is 0 Å². The predicted molar refractivity (Wildman–Crippen MR) is 80.1 cm³/mol. The number of carbonyl (C=O) groups is 1. The van der Waals surface area contributed by atoms with E-state index >= 15 is 0 Å². The molecule has 1 aliphatic carbocycles. The monoisotopic (exact) mass is 319 g/mol. The van der Waals surface area contributed by atoms with E-state index in [0.717, 1.165) is 11.6 Å². The number of halogens is 3. The number of rotatable bonds is 4. The molecule has 2 aromatic rings. The maximum atomic E-state index is 13.7. The van der Waals surface area contributed by atoms with Crippen LogP contribution in [0.3, 0.4) is 0 Å². The average molecular weight is 319 g/mol. The zero-order valence-corrected chi connectivity index (χ0v) is 12.6. The van der Waals surface area contributed by atoms with Crippen molar-refractivity contribution in [3.05, 3.63) is 71.0 Å². The van der Waals surface area contributed by atoms with E-state index in [9.17, 15) is 18.0 Å². The molecule has 1 amide bonds. The number of hydrogen-bond acceptors (Lipinski definition) is 1. The van der Waals surface area contributed by atoms with Gasteiger partial charge in [-0.25, -0.2) is 13.2 Å². The van der Waals surface area contributed by atoms with Crippen LogP contribution in [-0.2, 0) is 11.3 Å². The maximum Gasteiger partial charge on any atom is 0.226 e. The molecule has 2 unspecified atom stereocenters. The van der Waals surface area contributed by atoms with Gasteiger partial charge in [-0.3, -0.25) is 4.79 Å². The molecule has 0 heterocycles.